The summed E-state index contributed by atoms with van der Waals surface area (Å²) in [6, 6.07) is 47.5. The molecular weight excluding hydrogens is 752 g/mol. The third-order valence-electron chi connectivity index (χ3n) is 16.1. The standard InChI is InChI=1S/C57H59BN2Si/c1-34-29-40-41(55(4,5)28-27-54(40,2)3)32-46(34)60-47-33-43-42(56(6,7)38-22-14-15-23-39(38)57(43,8)9)31-44(47)58-52-48(60)30-35-19-12-13-20-36(35)51(52)37-21-18-26-50-53(37)59-45-24-16-17-25-49(45)61(50,10)11/h12-26,29-33,58-59H,27-28H2,1-11H3. The lowest BCUT2D eigenvalue weighted by atomic mass is 9.54. The maximum atomic E-state index is 4.05. The van der Waals surface area contributed by atoms with Crippen molar-refractivity contribution >= 4 is 75.9 Å². The predicted octanol–water partition coefficient (Wildman–Crippen LogP) is 12.2. The number of hydrogen-bond donors (Lipinski definition) is 1. The van der Waals surface area contributed by atoms with Crippen LogP contribution in [0.2, 0.25) is 13.1 Å². The molecule has 0 unspecified atom stereocenters. The summed E-state index contributed by atoms with van der Waals surface area (Å²) in [5.41, 5.74) is 22.0. The Labute approximate surface area is 365 Å². The zero-order chi connectivity index (χ0) is 42.6. The SMILES string of the molecule is Cc1cc2c(cc1N1c3cc4c(cc3Bc3c1cc1ccccc1c3-c1cccc3c1Nc1ccccc1[Si]3(C)C)C(C)(C)c1ccccc1C4(C)C)C(C)(C)CCC2(C)C. The van der Waals surface area contributed by atoms with Crippen molar-refractivity contribution < 1.29 is 0 Å². The van der Waals surface area contributed by atoms with Crippen LogP contribution in [0, 0.1) is 6.92 Å². The van der Waals surface area contributed by atoms with Crippen molar-refractivity contribution in [2.45, 2.75) is 110 Å². The lowest BCUT2D eigenvalue weighted by Gasteiger charge is -2.46. The summed E-state index contributed by atoms with van der Waals surface area (Å²) in [5.74, 6) is 0. The Morgan fingerprint density at radius 1 is 0.557 bits per heavy atom. The van der Waals surface area contributed by atoms with Crippen molar-refractivity contribution in [3.8, 4) is 11.1 Å². The summed E-state index contributed by atoms with van der Waals surface area (Å²) >= 11 is 0. The number of aryl methyl sites for hydroxylation is 1. The number of anilines is 5. The van der Waals surface area contributed by atoms with Crippen molar-refractivity contribution in [3.05, 3.63) is 160 Å². The first-order valence-electron chi connectivity index (χ1n) is 22.7. The molecule has 4 heteroatoms. The molecule has 61 heavy (non-hydrogen) atoms. The molecule has 0 spiro atoms. The van der Waals surface area contributed by atoms with Crippen LogP contribution >= 0.6 is 0 Å². The number of para-hydroxylation sites is 2. The number of nitrogens with zero attached hydrogens (tertiary/aromatic N) is 1. The van der Waals surface area contributed by atoms with Gasteiger partial charge in [0.1, 0.15) is 8.07 Å². The quantitative estimate of drug-likeness (QED) is 0.175. The van der Waals surface area contributed by atoms with Crippen LogP contribution in [0.15, 0.2) is 121 Å². The summed E-state index contributed by atoms with van der Waals surface area (Å²) in [6.07, 6.45) is 2.39. The zero-order valence-electron chi connectivity index (χ0n) is 38.1. The Balaban J connectivity index is 1.24. The summed E-state index contributed by atoms with van der Waals surface area (Å²) in [4.78, 5) is 2.71. The maximum Gasteiger partial charge on any atom is 0.198 e. The molecule has 7 aromatic rings. The van der Waals surface area contributed by atoms with E-state index < -0.39 is 8.07 Å². The second-order valence-corrected chi connectivity index (χ2v) is 26.1. The van der Waals surface area contributed by atoms with E-state index in [-0.39, 0.29) is 21.7 Å². The monoisotopic (exact) mass is 810 g/mol. The summed E-state index contributed by atoms with van der Waals surface area (Å²) in [6.45, 7) is 27.1. The maximum absolute atomic E-state index is 4.05. The highest BCUT2D eigenvalue weighted by Gasteiger charge is 2.45. The van der Waals surface area contributed by atoms with Gasteiger partial charge in [-0.1, -0.05) is 171 Å². The number of rotatable bonds is 2. The van der Waals surface area contributed by atoms with Crippen LogP contribution in [0.5, 0.6) is 0 Å². The first-order valence-corrected chi connectivity index (χ1v) is 25.7. The van der Waals surface area contributed by atoms with Crippen LogP contribution in [0.3, 0.4) is 0 Å². The molecule has 0 fully saturated rings. The highest BCUT2D eigenvalue weighted by molar-refractivity contribution is 7.02. The molecule has 0 bridgehead atoms. The van der Waals surface area contributed by atoms with E-state index in [4.69, 9.17) is 0 Å². The molecule has 0 atom stereocenters. The minimum absolute atomic E-state index is 0.0800. The number of benzene rings is 7. The summed E-state index contributed by atoms with van der Waals surface area (Å²) < 4.78 is 0. The zero-order valence-corrected chi connectivity index (χ0v) is 39.1. The van der Waals surface area contributed by atoms with E-state index in [1.54, 1.807) is 0 Å². The largest absolute Gasteiger partial charge is 0.355 e. The van der Waals surface area contributed by atoms with Crippen molar-refractivity contribution in [2.75, 3.05) is 10.2 Å². The van der Waals surface area contributed by atoms with Gasteiger partial charge in [-0.05, 0) is 126 Å². The normalized spacial score (nSPS) is 18.8. The van der Waals surface area contributed by atoms with Gasteiger partial charge in [-0.15, -0.1) is 0 Å². The minimum atomic E-state index is -2.02. The lowest BCUT2D eigenvalue weighted by molar-refractivity contribution is 0.332. The molecule has 11 rings (SSSR count). The molecular formula is C57H59BN2Si. The van der Waals surface area contributed by atoms with Crippen LogP contribution in [0.4, 0.5) is 28.4 Å². The van der Waals surface area contributed by atoms with Crippen molar-refractivity contribution in [2.24, 2.45) is 0 Å². The average molecular weight is 811 g/mol. The number of hydrogen-bond acceptors (Lipinski definition) is 2. The highest BCUT2D eigenvalue weighted by Crippen LogP contribution is 2.54. The van der Waals surface area contributed by atoms with Gasteiger partial charge in [0.05, 0.1) is 0 Å². The molecule has 2 aliphatic carbocycles. The molecule has 0 saturated heterocycles. The summed E-state index contributed by atoms with van der Waals surface area (Å²) in [5, 5.41) is 9.60. The Morgan fingerprint density at radius 2 is 1.15 bits per heavy atom. The fourth-order valence-corrected chi connectivity index (χ4v) is 15.3. The first kappa shape index (κ1) is 38.6. The molecule has 4 aliphatic rings. The molecule has 0 saturated carbocycles. The molecule has 0 amide bonds. The van der Waals surface area contributed by atoms with Crippen LogP contribution < -0.4 is 31.5 Å². The molecule has 0 radical (unpaired) electrons. The topological polar surface area (TPSA) is 15.3 Å². The number of nitrogens with one attached hydrogen (secondary N) is 1. The van der Waals surface area contributed by atoms with E-state index in [0.29, 0.717) is 0 Å². The van der Waals surface area contributed by atoms with Crippen molar-refractivity contribution in [1.29, 1.82) is 0 Å². The van der Waals surface area contributed by atoms with Gasteiger partial charge in [0, 0.05) is 44.8 Å². The Bertz CT molecular complexity index is 3040. The minimum Gasteiger partial charge on any atom is -0.355 e. The molecule has 2 nitrogen and oxygen atoms in total. The lowest BCUT2D eigenvalue weighted by Crippen LogP contribution is -2.57. The Kier molecular flexibility index (Phi) is 7.99. The first-order chi connectivity index (χ1) is 28.9. The van der Waals surface area contributed by atoms with Crippen LogP contribution in [-0.2, 0) is 21.7 Å². The second-order valence-electron chi connectivity index (χ2n) is 21.8. The van der Waals surface area contributed by atoms with E-state index in [1.165, 1.54) is 123 Å². The van der Waals surface area contributed by atoms with Gasteiger partial charge < -0.3 is 10.2 Å². The predicted molar refractivity (Wildman–Crippen MR) is 268 cm³/mol. The molecule has 7 aromatic carbocycles. The van der Waals surface area contributed by atoms with Crippen LogP contribution in [-0.4, -0.2) is 15.4 Å². The van der Waals surface area contributed by atoms with Gasteiger partial charge in [-0.25, -0.2) is 0 Å². The smallest absolute Gasteiger partial charge is 0.198 e. The number of fused-ring (bicyclic) bond motifs is 8. The van der Waals surface area contributed by atoms with Crippen molar-refractivity contribution in [1.82, 2.24) is 0 Å². The second kappa shape index (κ2) is 12.6. The van der Waals surface area contributed by atoms with Crippen molar-refractivity contribution in [3.63, 3.8) is 0 Å². The van der Waals surface area contributed by atoms with Gasteiger partial charge in [0.15, 0.2) is 7.28 Å². The van der Waals surface area contributed by atoms with E-state index in [1.807, 2.05) is 0 Å². The highest BCUT2D eigenvalue weighted by atomic mass is 28.3. The average Bonchev–Trinajstić information content (AvgIpc) is 3.23. The molecule has 0 aromatic heterocycles. The van der Waals surface area contributed by atoms with E-state index >= 15 is 0 Å². The summed E-state index contributed by atoms with van der Waals surface area (Å²) in [7, 11) is -1.16. The van der Waals surface area contributed by atoms with E-state index in [0.717, 1.165) is 7.28 Å². The van der Waals surface area contributed by atoms with Gasteiger partial charge in [-0.3, -0.25) is 0 Å². The third kappa shape index (κ3) is 5.33. The molecule has 1 N–H and O–H groups in total. The van der Waals surface area contributed by atoms with Gasteiger partial charge >= 0.3 is 0 Å². The third-order valence-corrected chi connectivity index (χ3v) is 19.6. The van der Waals surface area contributed by atoms with Crippen LogP contribution in [0.25, 0.3) is 21.9 Å². The molecule has 2 heterocycles. The molecule has 304 valence electrons. The van der Waals surface area contributed by atoms with Gasteiger partial charge in [-0.2, -0.15) is 0 Å². The Morgan fingerprint density at radius 3 is 1.87 bits per heavy atom. The van der Waals surface area contributed by atoms with Gasteiger partial charge in [0.25, 0.3) is 0 Å². The van der Waals surface area contributed by atoms with Gasteiger partial charge in [0.2, 0.25) is 0 Å². The van der Waals surface area contributed by atoms with E-state index in [2.05, 4.69) is 207 Å². The molecule has 2 aliphatic heterocycles. The van der Waals surface area contributed by atoms with Crippen LogP contribution in [0.1, 0.15) is 107 Å². The fourth-order valence-electron chi connectivity index (χ4n) is 12.3. The fraction of sp³-hybridized carbons (Fsp3) is 0.298. The van der Waals surface area contributed by atoms with E-state index in [9.17, 15) is 0 Å². The Hall–Kier alpha value is -5.32.